The highest BCUT2D eigenvalue weighted by molar-refractivity contribution is 5.86. The number of rotatable bonds is 43. The van der Waals surface area contributed by atoms with E-state index in [0.717, 1.165) is 13.0 Å². The van der Waals surface area contributed by atoms with Gasteiger partial charge in [-0.25, -0.2) is 4.79 Å². The first-order valence-corrected chi connectivity index (χ1v) is 18.8. The van der Waals surface area contributed by atoms with Crippen LogP contribution < -0.4 is 0 Å². The SMILES string of the molecule is C=C(C)C(=O)OCCOCCOCCOCCOCCOCCOCCOCCOCCOCCOCCCCCCCCCCCCC. The zero-order chi connectivity index (χ0) is 35.6. The fourth-order valence-electron chi connectivity index (χ4n) is 4.27. The molecule has 0 amide bonds. The molecule has 0 aromatic carbocycles. The molecule has 0 N–H and O–H groups in total. The van der Waals surface area contributed by atoms with E-state index in [4.69, 9.17) is 52.1 Å². The molecule has 0 atom stereocenters. The van der Waals surface area contributed by atoms with Crippen molar-refractivity contribution < 1.29 is 56.9 Å². The molecule has 0 heterocycles. The lowest BCUT2D eigenvalue weighted by molar-refractivity contribution is -0.140. The summed E-state index contributed by atoms with van der Waals surface area (Å²) in [6.07, 6.45) is 14.8. The zero-order valence-electron chi connectivity index (χ0n) is 31.2. The molecule has 0 rings (SSSR count). The van der Waals surface area contributed by atoms with Gasteiger partial charge in [0.05, 0.1) is 126 Å². The van der Waals surface area contributed by atoms with Gasteiger partial charge in [-0.2, -0.15) is 0 Å². The Morgan fingerprint density at radius 1 is 0.347 bits per heavy atom. The van der Waals surface area contributed by atoms with E-state index in [1.807, 2.05) is 0 Å². The predicted molar refractivity (Wildman–Crippen MR) is 190 cm³/mol. The minimum atomic E-state index is -0.409. The lowest BCUT2D eigenvalue weighted by Crippen LogP contribution is -2.15. The van der Waals surface area contributed by atoms with Gasteiger partial charge in [-0.3, -0.25) is 0 Å². The van der Waals surface area contributed by atoms with E-state index in [1.165, 1.54) is 64.2 Å². The minimum absolute atomic E-state index is 0.203. The van der Waals surface area contributed by atoms with Crippen molar-refractivity contribution in [2.24, 2.45) is 0 Å². The van der Waals surface area contributed by atoms with Gasteiger partial charge in [0, 0.05) is 12.2 Å². The Bertz CT molecular complexity index is 667. The quantitative estimate of drug-likeness (QED) is 0.0447. The number of unbranched alkanes of at least 4 members (excludes halogenated alkanes) is 10. The van der Waals surface area contributed by atoms with Gasteiger partial charge in [-0.05, 0) is 13.3 Å². The molecule has 0 bridgehead atoms. The fourth-order valence-corrected chi connectivity index (χ4v) is 4.27. The minimum Gasteiger partial charge on any atom is -0.460 e. The maximum atomic E-state index is 11.2. The highest BCUT2D eigenvalue weighted by Crippen LogP contribution is 2.11. The topological polar surface area (TPSA) is 119 Å². The summed E-state index contributed by atoms with van der Waals surface area (Å²) in [5.41, 5.74) is 0.373. The van der Waals surface area contributed by atoms with Gasteiger partial charge in [0.1, 0.15) is 6.61 Å². The first kappa shape index (κ1) is 47.8. The van der Waals surface area contributed by atoms with Gasteiger partial charge < -0.3 is 52.1 Å². The summed E-state index contributed by atoms with van der Waals surface area (Å²) in [5.74, 6) is -0.409. The first-order chi connectivity index (χ1) is 24.2. The number of carbonyl (C=O) groups excluding carboxylic acids is 1. The number of ether oxygens (including phenoxy) is 11. The average Bonchev–Trinajstić information content (AvgIpc) is 3.10. The smallest absolute Gasteiger partial charge is 0.333 e. The molecule has 49 heavy (non-hydrogen) atoms. The zero-order valence-corrected chi connectivity index (χ0v) is 31.2. The van der Waals surface area contributed by atoms with E-state index in [9.17, 15) is 4.79 Å². The molecule has 0 aromatic heterocycles. The van der Waals surface area contributed by atoms with Crippen molar-refractivity contribution in [3.8, 4) is 0 Å². The standard InChI is InChI=1S/C37H72O12/c1-4-5-6-7-8-9-10-11-12-13-14-15-39-16-17-40-18-19-41-20-21-42-22-23-43-24-25-44-26-27-45-28-29-46-30-31-47-32-33-48-34-35-49-37(38)36(2)3/h2,4-35H2,1,3H3. The average molecular weight is 709 g/mol. The lowest BCUT2D eigenvalue weighted by atomic mass is 10.1. The van der Waals surface area contributed by atoms with Gasteiger partial charge in [0.2, 0.25) is 0 Å². The molecule has 0 saturated heterocycles. The molecule has 0 unspecified atom stereocenters. The summed E-state index contributed by atoms with van der Waals surface area (Å²) in [6.45, 7) is 18.1. The van der Waals surface area contributed by atoms with Crippen LogP contribution in [-0.2, 0) is 56.9 Å². The largest absolute Gasteiger partial charge is 0.460 e. The van der Waals surface area contributed by atoms with Gasteiger partial charge in [-0.15, -0.1) is 0 Å². The predicted octanol–water partition coefficient (Wildman–Crippen LogP) is 5.58. The Kier molecular flexibility index (Phi) is 41.9. The molecule has 0 aliphatic rings. The maximum Gasteiger partial charge on any atom is 0.333 e. The van der Waals surface area contributed by atoms with Crippen LogP contribution in [0.4, 0.5) is 0 Å². The Labute approximate surface area is 298 Å². The van der Waals surface area contributed by atoms with Crippen molar-refractivity contribution in [1.29, 1.82) is 0 Å². The highest BCUT2D eigenvalue weighted by Gasteiger charge is 2.02. The molecular weight excluding hydrogens is 636 g/mol. The molecule has 0 saturated carbocycles. The first-order valence-electron chi connectivity index (χ1n) is 18.8. The van der Waals surface area contributed by atoms with Gasteiger partial charge >= 0.3 is 5.97 Å². The van der Waals surface area contributed by atoms with Gasteiger partial charge in [-0.1, -0.05) is 77.7 Å². The van der Waals surface area contributed by atoms with Crippen molar-refractivity contribution >= 4 is 5.97 Å². The highest BCUT2D eigenvalue weighted by atomic mass is 16.6. The van der Waals surface area contributed by atoms with Crippen LogP contribution in [0.3, 0.4) is 0 Å². The summed E-state index contributed by atoms with van der Waals surface area (Å²) in [4.78, 5) is 11.2. The van der Waals surface area contributed by atoms with Crippen LogP contribution >= 0.6 is 0 Å². The van der Waals surface area contributed by atoms with Gasteiger partial charge in [0.15, 0.2) is 0 Å². The van der Waals surface area contributed by atoms with Crippen LogP contribution in [0.1, 0.15) is 84.5 Å². The van der Waals surface area contributed by atoms with E-state index in [1.54, 1.807) is 6.92 Å². The molecule has 12 heteroatoms. The van der Waals surface area contributed by atoms with Gasteiger partial charge in [0.25, 0.3) is 0 Å². The Hall–Kier alpha value is -1.19. The third-order valence-electron chi connectivity index (χ3n) is 7.05. The van der Waals surface area contributed by atoms with Crippen molar-refractivity contribution in [3.05, 3.63) is 12.2 Å². The lowest BCUT2D eigenvalue weighted by Gasteiger charge is -2.09. The van der Waals surface area contributed by atoms with Crippen molar-refractivity contribution in [2.45, 2.75) is 84.5 Å². The number of esters is 1. The summed E-state index contributed by atoms with van der Waals surface area (Å²) < 4.78 is 59.8. The summed E-state index contributed by atoms with van der Waals surface area (Å²) in [5, 5.41) is 0. The number of carbonyl (C=O) groups is 1. The molecule has 0 aliphatic heterocycles. The molecule has 0 spiro atoms. The van der Waals surface area contributed by atoms with E-state index in [0.29, 0.717) is 131 Å². The van der Waals surface area contributed by atoms with Crippen LogP contribution in [0.25, 0.3) is 0 Å². The summed E-state index contributed by atoms with van der Waals surface area (Å²) in [7, 11) is 0. The normalized spacial score (nSPS) is 11.4. The molecule has 0 radical (unpaired) electrons. The maximum absolute atomic E-state index is 11.2. The fraction of sp³-hybridized carbons (Fsp3) is 0.919. The Balaban J connectivity index is 3.07. The van der Waals surface area contributed by atoms with Crippen LogP contribution in [0.2, 0.25) is 0 Å². The van der Waals surface area contributed by atoms with E-state index in [2.05, 4.69) is 13.5 Å². The second-order valence-electron chi connectivity index (χ2n) is 11.6. The van der Waals surface area contributed by atoms with Crippen molar-refractivity contribution in [3.63, 3.8) is 0 Å². The van der Waals surface area contributed by atoms with Crippen LogP contribution in [-0.4, -0.2) is 145 Å². The number of hydrogen-bond donors (Lipinski definition) is 0. The van der Waals surface area contributed by atoms with Crippen LogP contribution in [0.15, 0.2) is 12.2 Å². The Morgan fingerprint density at radius 2 is 0.571 bits per heavy atom. The van der Waals surface area contributed by atoms with Crippen LogP contribution in [0.5, 0.6) is 0 Å². The second kappa shape index (κ2) is 43.0. The number of hydrogen-bond acceptors (Lipinski definition) is 12. The molecule has 292 valence electrons. The molecular formula is C37H72O12. The van der Waals surface area contributed by atoms with E-state index >= 15 is 0 Å². The third kappa shape index (κ3) is 42.9. The van der Waals surface area contributed by atoms with Crippen molar-refractivity contribution in [2.75, 3.05) is 139 Å². The Morgan fingerprint density at radius 3 is 0.837 bits per heavy atom. The van der Waals surface area contributed by atoms with E-state index in [-0.39, 0.29) is 6.61 Å². The van der Waals surface area contributed by atoms with Crippen LogP contribution in [0, 0.1) is 0 Å². The van der Waals surface area contributed by atoms with E-state index < -0.39 is 5.97 Å². The second-order valence-corrected chi connectivity index (χ2v) is 11.6. The molecule has 12 nitrogen and oxygen atoms in total. The third-order valence-corrected chi connectivity index (χ3v) is 7.05. The summed E-state index contributed by atoms with van der Waals surface area (Å²) >= 11 is 0. The van der Waals surface area contributed by atoms with Crippen molar-refractivity contribution in [1.82, 2.24) is 0 Å². The molecule has 0 aliphatic carbocycles. The molecule has 0 fully saturated rings. The molecule has 0 aromatic rings. The summed E-state index contributed by atoms with van der Waals surface area (Å²) in [6, 6.07) is 0. The monoisotopic (exact) mass is 709 g/mol.